The number of halogens is 1. The van der Waals surface area contributed by atoms with Crippen LogP contribution in [0.25, 0.3) is 0 Å². The summed E-state index contributed by atoms with van der Waals surface area (Å²) >= 11 is 5.79. The van der Waals surface area contributed by atoms with Crippen LogP contribution >= 0.6 is 11.6 Å². The molecule has 1 aromatic carbocycles. The van der Waals surface area contributed by atoms with Gasteiger partial charge in [0.25, 0.3) is 0 Å². The van der Waals surface area contributed by atoms with Crippen LogP contribution in [0.2, 0.25) is 5.02 Å². The van der Waals surface area contributed by atoms with Crippen LogP contribution in [-0.4, -0.2) is 30.2 Å². The molecule has 0 saturated heterocycles. The van der Waals surface area contributed by atoms with Gasteiger partial charge in [0.1, 0.15) is 0 Å². The Balaban J connectivity index is 2.24. The first-order valence-corrected chi connectivity index (χ1v) is 7.39. The highest BCUT2D eigenvalue weighted by molar-refractivity contribution is 6.30. The minimum absolute atomic E-state index is 0.149. The van der Waals surface area contributed by atoms with Gasteiger partial charge in [-0.2, -0.15) is 0 Å². The van der Waals surface area contributed by atoms with Crippen LogP contribution in [0, 0.1) is 5.92 Å². The molecule has 116 valence electrons. The van der Waals surface area contributed by atoms with Crippen molar-refractivity contribution in [3.05, 3.63) is 34.9 Å². The fourth-order valence-corrected chi connectivity index (χ4v) is 2.04. The summed E-state index contributed by atoms with van der Waals surface area (Å²) < 4.78 is 0. The van der Waals surface area contributed by atoms with Crippen LogP contribution < -0.4 is 10.6 Å². The van der Waals surface area contributed by atoms with Crippen molar-refractivity contribution in [3.63, 3.8) is 0 Å². The summed E-state index contributed by atoms with van der Waals surface area (Å²) in [5.74, 6) is -1.41. The molecule has 0 aliphatic carbocycles. The van der Waals surface area contributed by atoms with Gasteiger partial charge < -0.3 is 15.7 Å². The average molecular weight is 313 g/mol. The smallest absolute Gasteiger partial charge is 0.314 e. The molecular weight excluding hydrogens is 292 g/mol. The highest BCUT2D eigenvalue weighted by Crippen LogP contribution is 2.09. The van der Waals surface area contributed by atoms with Crippen molar-refractivity contribution in [1.82, 2.24) is 10.6 Å². The fourth-order valence-electron chi connectivity index (χ4n) is 1.91. The third kappa shape index (κ3) is 6.99. The zero-order chi connectivity index (χ0) is 15.7. The maximum Gasteiger partial charge on any atom is 0.314 e. The lowest BCUT2D eigenvalue weighted by molar-refractivity contribution is -0.141. The first kappa shape index (κ1) is 17.3. The van der Waals surface area contributed by atoms with Gasteiger partial charge in [-0.15, -0.1) is 0 Å². The second-order valence-corrected chi connectivity index (χ2v) is 5.27. The Morgan fingerprint density at radius 2 is 1.90 bits per heavy atom. The molecule has 0 spiro atoms. The minimum Gasteiger partial charge on any atom is -0.481 e. The van der Waals surface area contributed by atoms with Crippen molar-refractivity contribution in [2.45, 2.75) is 26.2 Å². The van der Waals surface area contributed by atoms with Crippen molar-refractivity contribution in [2.75, 3.05) is 13.1 Å². The third-order valence-corrected chi connectivity index (χ3v) is 3.36. The van der Waals surface area contributed by atoms with Crippen LogP contribution in [0.1, 0.15) is 25.3 Å². The maximum atomic E-state index is 11.6. The molecule has 0 aliphatic heterocycles. The Kier molecular flexibility index (Phi) is 7.61. The first-order chi connectivity index (χ1) is 10.0. The van der Waals surface area contributed by atoms with Gasteiger partial charge in [0.15, 0.2) is 0 Å². The van der Waals surface area contributed by atoms with Gasteiger partial charge in [-0.3, -0.25) is 4.79 Å². The Hall–Kier alpha value is -1.75. The lowest BCUT2D eigenvalue weighted by Crippen LogP contribution is -2.40. The summed E-state index contributed by atoms with van der Waals surface area (Å²) in [4.78, 5) is 22.5. The minimum atomic E-state index is -0.877. The predicted octanol–water partition coefficient (Wildman–Crippen LogP) is 2.68. The fraction of sp³-hybridized carbons (Fsp3) is 0.467. The van der Waals surface area contributed by atoms with Crippen molar-refractivity contribution in [2.24, 2.45) is 5.92 Å². The maximum absolute atomic E-state index is 11.6. The average Bonchev–Trinajstić information content (AvgIpc) is 2.45. The number of aliphatic carboxylic acids is 1. The van der Waals surface area contributed by atoms with Gasteiger partial charge >= 0.3 is 12.0 Å². The van der Waals surface area contributed by atoms with Crippen molar-refractivity contribution < 1.29 is 14.7 Å². The van der Waals surface area contributed by atoms with E-state index in [0.29, 0.717) is 24.4 Å². The Labute approximate surface area is 129 Å². The molecule has 0 saturated carbocycles. The largest absolute Gasteiger partial charge is 0.481 e. The van der Waals surface area contributed by atoms with E-state index in [0.717, 1.165) is 12.0 Å². The number of carboxylic acids is 1. The number of carbonyl (C=O) groups excluding carboxylic acids is 1. The molecule has 1 aromatic rings. The molecule has 1 unspecified atom stereocenters. The molecular formula is C15H21ClN2O3. The normalized spacial score (nSPS) is 11.7. The van der Waals surface area contributed by atoms with Gasteiger partial charge in [-0.05, 0) is 30.5 Å². The van der Waals surface area contributed by atoms with Crippen LogP contribution in [0.5, 0.6) is 0 Å². The van der Waals surface area contributed by atoms with Crippen LogP contribution in [0.3, 0.4) is 0 Å². The van der Waals surface area contributed by atoms with E-state index in [1.54, 1.807) is 12.1 Å². The summed E-state index contributed by atoms with van der Waals surface area (Å²) in [7, 11) is 0. The van der Waals surface area contributed by atoms with Gasteiger partial charge in [0.2, 0.25) is 0 Å². The summed E-state index contributed by atoms with van der Waals surface area (Å²) in [6, 6.07) is 7.08. The lowest BCUT2D eigenvalue weighted by atomic mass is 10.0. The Morgan fingerprint density at radius 1 is 1.24 bits per heavy atom. The zero-order valence-electron chi connectivity index (χ0n) is 12.1. The second kappa shape index (κ2) is 9.23. The van der Waals surface area contributed by atoms with Gasteiger partial charge in [-0.1, -0.05) is 37.1 Å². The van der Waals surface area contributed by atoms with E-state index >= 15 is 0 Å². The number of urea groups is 1. The third-order valence-electron chi connectivity index (χ3n) is 3.11. The van der Waals surface area contributed by atoms with Gasteiger partial charge in [0, 0.05) is 18.1 Å². The van der Waals surface area contributed by atoms with Crippen molar-refractivity contribution in [1.29, 1.82) is 0 Å². The Morgan fingerprint density at radius 3 is 2.48 bits per heavy atom. The zero-order valence-corrected chi connectivity index (χ0v) is 12.8. The molecule has 5 nitrogen and oxygen atoms in total. The topological polar surface area (TPSA) is 78.4 Å². The van der Waals surface area contributed by atoms with Crippen LogP contribution in [0.15, 0.2) is 24.3 Å². The number of amides is 2. The quantitative estimate of drug-likeness (QED) is 0.690. The lowest BCUT2D eigenvalue weighted by Gasteiger charge is -2.13. The molecule has 0 aliphatic rings. The molecule has 0 radical (unpaired) electrons. The molecule has 21 heavy (non-hydrogen) atoms. The molecule has 0 bridgehead atoms. The SMILES string of the molecule is CCCC(CNC(=O)NCCc1ccc(Cl)cc1)C(=O)O. The van der Waals surface area contributed by atoms with E-state index in [1.807, 2.05) is 19.1 Å². The second-order valence-electron chi connectivity index (χ2n) is 4.84. The number of hydrogen-bond donors (Lipinski definition) is 3. The molecule has 1 atom stereocenters. The summed E-state index contributed by atoms with van der Waals surface area (Å²) in [5.41, 5.74) is 1.08. The Bertz CT molecular complexity index is 462. The number of rotatable bonds is 8. The first-order valence-electron chi connectivity index (χ1n) is 7.02. The van der Waals surface area contributed by atoms with E-state index in [1.165, 1.54) is 0 Å². The van der Waals surface area contributed by atoms with Crippen molar-refractivity contribution >= 4 is 23.6 Å². The summed E-state index contributed by atoms with van der Waals surface area (Å²) in [5, 5.41) is 15.0. The summed E-state index contributed by atoms with van der Waals surface area (Å²) in [6.45, 7) is 2.55. The number of benzene rings is 1. The monoisotopic (exact) mass is 312 g/mol. The summed E-state index contributed by atoms with van der Waals surface area (Å²) in [6.07, 6.45) is 2.03. The number of carboxylic acid groups (broad SMARTS) is 1. The van der Waals surface area contributed by atoms with E-state index < -0.39 is 11.9 Å². The molecule has 6 heteroatoms. The molecule has 2 amide bonds. The van der Waals surface area contributed by atoms with E-state index in [9.17, 15) is 9.59 Å². The van der Waals surface area contributed by atoms with Gasteiger partial charge in [-0.25, -0.2) is 4.79 Å². The van der Waals surface area contributed by atoms with E-state index in [4.69, 9.17) is 16.7 Å². The van der Waals surface area contributed by atoms with Gasteiger partial charge in [0.05, 0.1) is 5.92 Å². The molecule has 0 heterocycles. The highest BCUT2D eigenvalue weighted by Gasteiger charge is 2.16. The van der Waals surface area contributed by atoms with E-state index in [-0.39, 0.29) is 12.6 Å². The van der Waals surface area contributed by atoms with Crippen LogP contribution in [0.4, 0.5) is 4.79 Å². The molecule has 1 rings (SSSR count). The molecule has 0 aromatic heterocycles. The van der Waals surface area contributed by atoms with Crippen LogP contribution in [-0.2, 0) is 11.2 Å². The molecule has 3 N–H and O–H groups in total. The highest BCUT2D eigenvalue weighted by atomic mass is 35.5. The number of carbonyl (C=O) groups is 2. The van der Waals surface area contributed by atoms with Crippen molar-refractivity contribution in [3.8, 4) is 0 Å². The standard InChI is InChI=1S/C15H21ClN2O3/c1-2-3-12(14(19)20)10-18-15(21)17-9-8-11-4-6-13(16)7-5-11/h4-7,12H,2-3,8-10H2,1H3,(H,19,20)(H2,17,18,21). The predicted molar refractivity (Wildman–Crippen MR) is 82.6 cm³/mol. The molecule has 0 fully saturated rings. The number of hydrogen-bond acceptors (Lipinski definition) is 2. The van der Waals surface area contributed by atoms with E-state index in [2.05, 4.69) is 10.6 Å². The number of nitrogens with one attached hydrogen (secondary N) is 2.